The van der Waals surface area contributed by atoms with Crippen molar-refractivity contribution < 1.29 is 25.6 Å². The first-order valence-corrected chi connectivity index (χ1v) is 22.7. The van der Waals surface area contributed by atoms with E-state index in [1.807, 2.05) is 116 Å². The van der Waals surface area contributed by atoms with Crippen LogP contribution >= 0.6 is 0 Å². The van der Waals surface area contributed by atoms with Gasteiger partial charge in [0.25, 0.3) is 0 Å². The third kappa shape index (κ3) is 11.0. The van der Waals surface area contributed by atoms with Crippen molar-refractivity contribution in [1.82, 2.24) is 15.0 Å². The van der Waals surface area contributed by atoms with Crippen molar-refractivity contribution >= 4 is 0 Å². The molecule has 5 aromatic carbocycles. The Hall–Kier alpha value is -5.80. The van der Waals surface area contributed by atoms with E-state index < -0.39 is 23.6 Å². The number of aromatic nitrogens is 3. The summed E-state index contributed by atoms with van der Waals surface area (Å²) >= 11 is 0. The fourth-order valence-corrected chi connectivity index (χ4v) is 9.24. The molecule has 0 spiro atoms. The Morgan fingerprint density at radius 1 is 0.569 bits per heavy atom. The van der Waals surface area contributed by atoms with Crippen LogP contribution in [0, 0.1) is 25.1 Å². The van der Waals surface area contributed by atoms with E-state index in [1.165, 1.54) is 18.4 Å². The van der Waals surface area contributed by atoms with Gasteiger partial charge in [-0.2, -0.15) is 0 Å². The van der Waals surface area contributed by atoms with Gasteiger partial charge in [-0.05, 0) is 122 Å². The molecule has 1 saturated carbocycles. The van der Waals surface area contributed by atoms with Crippen molar-refractivity contribution in [1.29, 1.82) is 0 Å². The molecule has 3 heterocycles. The van der Waals surface area contributed by atoms with Crippen LogP contribution < -0.4 is 0 Å². The topological polar surface area (TPSA) is 38.7 Å². The van der Waals surface area contributed by atoms with Gasteiger partial charge in [0.1, 0.15) is 0 Å². The maximum atomic E-state index is 10.0. The Balaban J connectivity index is 0.00000642. The summed E-state index contributed by atoms with van der Waals surface area (Å²) in [6.45, 7) is 10.8. The number of rotatable bonds is 14. The third-order valence-corrected chi connectivity index (χ3v) is 12.9. The normalized spacial score (nSPS) is 14.5. The van der Waals surface area contributed by atoms with E-state index in [2.05, 4.69) is 88.4 Å². The summed E-state index contributed by atoms with van der Waals surface area (Å²) in [7, 11) is 0. The van der Waals surface area contributed by atoms with Gasteiger partial charge in [0.15, 0.2) is 0 Å². The Morgan fingerprint density at radius 2 is 1.15 bits per heavy atom. The third-order valence-electron chi connectivity index (χ3n) is 12.9. The molecule has 0 unspecified atom stereocenters. The van der Waals surface area contributed by atoms with E-state index in [0.717, 1.165) is 74.3 Å². The van der Waals surface area contributed by atoms with Crippen LogP contribution in [0.4, 0.5) is 0 Å². The van der Waals surface area contributed by atoms with Crippen LogP contribution in [0.15, 0.2) is 158 Å². The summed E-state index contributed by atoms with van der Waals surface area (Å²) in [5.74, 6) is 0.455. The number of nitrogens with zero attached hydrogens (tertiary/aromatic N) is 3. The van der Waals surface area contributed by atoms with Gasteiger partial charge in [-0.1, -0.05) is 120 Å². The van der Waals surface area contributed by atoms with E-state index in [0.29, 0.717) is 30.0 Å². The molecule has 0 bridgehead atoms. The summed E-state index contributed by atoms with van der Waals surface area (Å²) in [4.78, 5) is 14.5. The molecule has 1 fully saturated rings. The first kappa shape index (κ1) is 40.7. The van der Waals surface area contributed by atoms with Crippen LogP contribution in [-0.2, 0) is 56.5 Å². The molecule has 9 rings (SSSR count). The second-order valence-electron chi connectivity index (χ2n) is 18.8. The van der Waals surface area contributed by atoms with Gasteiger partial charge in [-0.3, -0.25) is 0 Å². The molecular formula is C61H58IrN3. The average molecular weight is 1030 g/mol. The predicted molar refractivity (Wildman–Crippen MR) is 264 cm³/mol. The minimum absolute atomic E-state index is 0. The standard InChI is InChI=1S/C61H58N3.Ir/c1-43-23-26-50(27-24-43)58-32-30-55(42-64-58)61(4,5)39-46-34-44(33-45(35-46)38-60(2,3)54-29-31-57(63-41-54)48-17-8-6-9-18-48)25-28-53-40-62-59(49-19-10-7-11-20-49)37-56(53)52-22-14-21-51(36-52)47-15-12-13-16-47;/h6-11,14,17,19,21-24,26,29-37,40-42,47H,12-13,15-16,25,28,38-39H2,1-5H3;/q-3;+3/i25D2,28D2;. The fraction of sp³-hybridized carbons (Fsp3) is 0.262. The van der Waals surface area contributed by atoms with Crippen molar-refractivity contribution in [3.8, 4) is 44.9 Å². The first-order valence-electron chi connectivity index (χ1n) is 24.7. The zero-order valence-electron chi connectivity index (χ0n) is 42.0. The van der Waals surface area contributed by atoms with Crippen LogP contribution in [0.1, 0.15) is 109 Å². The molecule has 3 aromatic heterocycles. The Morgan fingerprint density at radius 3 is 1.71 bits per heavy atom. The molecular weight excluding hydrogens is 967 g/mol. The van der Waals surface area contributed by atoms with Gasteiger partial charge >= 0.3 is 20.1 Å². The van der Waals surface area contributed by atoms with E-state index in [-0.39, 0.29) is 31.2 Å². The molecule has 326 valence electrons. The number of hydrogen-bond acceptors (Lipinski definition) is 3. The minimum atomic E-state index is -2.51. The minimum Gasteiger partial charge on any atom is -0.304 e. The van der Waals surface area contributed by atoms with Crippen LogP contribution in [0.2, 0.25) is 0 Å². The van der Waals surface area contributed by atoms with E-state index in [4.69, 9.17) is 15.0 Å². The number of hydrogen-bond donors (Lipinski definition) is 0. The summed E-state index contributed by atoms with van der Waals surface area (Å²) in [5.41, 5.74) is 12.5. The zero-order chi connectivity index (χ0) is 47.7. The predicted octanol–water partition coefficient (Wildman–Crippen LogP) is 14.7. The van der Waals surface area contributed by atoms with Crippen LogP contribution in [0.5, 0.6) is 0 Å². The van der Waals surface area contributed by atoms with Gasteiger partial charge < -0.3 is 15.0 Å². The maximum Gasteiger partial charge on any atom is 3.00 e. The zero-order valence-corrected chi connectivity index (χ0v) is 40.4. The summed E-state index contributed by atoms with van der Waals surface area (Å²) in [6, 6.07) is 56.1. The second-order valence-corrected chi connectivity index (χ2v) is 18.8. The molecule has 8 aromatic rings. The fourth-order valence-electron chi connectivity index (χ4n) is 9.24. The molecule has 0 saturated heterocycles. The molecule has 1 aliphatic rings. The summed E-state index contributed by atoms with van der Waals surface area (Å²) in [5, 5.41) is 0. The van der Waals surface area contributed by atoms with Crippen LogP contribution in [-0.4, -0.2) is 15.0 Å². The van der Waals surface area contributed by atoms with E-state index in [9.17, 15) is 5.48 Å². The Labute approximate surface area is 406 Å². The molecule has 4 heteroatoms. The average Bonchev–Trinajstić information content (AvgIpc) is 3.90. The molecule has 3 nitrogen and oxygen atoms in total. The monoisotopic (exact) mass is 1030 g/mol. The van der Waals surface area contributed by atoms with Crippen LogP contribution in [0.25, 0.3) is 44.9 Å². The molecule has 0 atom stereocenters. The van der Waals surface area contributed by atoms with Crippen LogP contribution in [0.3, 0.4) is 0 Å². The van der Waals surface area contributed by atoms with Crippen molar-refractivity contribution in [2.75, 3.05) is 0 Å². The van der Waals surface area contributed by atoms with Crippen molar-refractivity contribution in [2.45, 2.75) is 103 Å². The van der Waals surface area contributed by atoms with Crippen molar-refractivity contribution in [2.24, 2.45) is 0 Å². The molecule has 0 radical (unpaired) electrons. The molecule has 0 N–H and O–H groups in total. The maximum absolute atomic E-state index is 10.0. The van der Waals surface area contributed by atoms with Gasteiger partial charge in [-0.25, -0.2) is 0 Å². The number of benzene rings is 5. The molecule has 0 amide bonds. The quantitative estimate of drug-likeness (QED) is 0.102. The largest absolute Gasteiger partial charge is 3.00 e. The van der Waals surface area contributed by atoms with Crippen molar-refractivity contribution in [3.63, 3.8) is 0 Å². The Kier molecular flexibility index (Phi) is 12.6. The van der Waals surface area contributed by atoms with Gasteiger partial charge in [0.05, 0.1) is 0 Å². The SMILES string of the molecule is [2H]C([2H])(c1cc(CC(C)(C)c2ccc(-c3[c-]cccc3)nc2)cc(CC(C)(C)c2ccc(-c3[c-]cc(C)cc3)nc2)c1)C([2H])([2H])c1cnc(-c2[c-]cccc2)cc1-c1cccc(C2CCCC2)c1.[Ir+3]. The van der Waals surface area contributed by atoms with Gasteiger partial charge in [0, 0.05) is 24.1 Å². The van der Waals surface area contributed by atoms with E-state index >= 15 is 0 Å². The number of aryl methyl sites for hydroxylation is 3. The van der Waals surface area contributed by atoms with Gasteiger partial charge in [0.2, 0.25) is 0 Å². The summed E-state index contributed by atoms with van der Waals surface area (Å²) in [6.07, 6.45) is 6.22. The molecule has 0 aliphatic heterocycles. The number of pyridine rings is 3. The van der Waals surface area contributed by atoms with Crippen molar-refractivity contribution in [3.05, 3.63) is 221 Å². The smallest absolute Gasteiger partial charge is 0.304 e. The second kappa shape index (κ2) is 20.2. The van der Waals surface area contributed by atoms with Gasteiger partial charge in [-0.15, -0.1) is 107 Å². The first-order chi connectivity index (χ1) is 32.6. The Bertz CT molecular complexity index is 3000. The molecule has 65 heavy (non-hydrogen) atoms. The molecule has 1 aliphatic carbocycles. The van der Waals surface area contributed by atoms with E-state index in [1.54, 1.807) is 6.20 Å². The summed E-state index contributed by atoms with van der Waals surface area (Å²) < 4.78 is 40.0.